The Kier molecular flexibility index (Phi) is 3.79. The summed E-state index contributed by atoms with van der Waals surface area (Å²) < 4.78 is 21.4. The van der Waals surface area contributed by atoms with Crippen LogP contribution < -0.4 is 20.7 Å². The van der Waals surface area contributed by atoms with Gasteiger partial charge in [0.1, 0.15) is 23.8 Å². The van der Waals surface area contributed by atoms with Crippen molar-refractivity contribution in [3.63, 3.8) is 0 Å². The lowest BCUT2D eigenvalue weighted by Gasteiger charge is -2.12. The first-order valence-corrected chi connectivity index (χ1v) is 7.98. The number of halogens is 1. The van der Waals surface area contributed by atoms with E-state index in [1.807, 2.05) is 0 Å². The number of carbonyl (C=O) groups is 1. The molecule has 3 aromatic rings. The molecule has 0 atom stereocenters. The summed E-state index contributed by atoms with van der Waals surface area (Å²) in [4.78, 5) is 21.0. The van der Waals surface area contributed by atoms with Crippen molar-refractivity contribution >= 4 is 29.0 Å². The molecule has 4 bridgehead atoms. The lowest BCUT2D eigenvalue weighted by Crippen LogP contribution is -2.28. The summed E-state index contributed by atoms with van der Waals surface area (Å²) in [5.74, 6) is 0.328. The van der Waals surface area contributed by atoms with Crippen molar-refractivity contribution in [3.05, 3.63) is 35.3 Å². The van der Waals surface area contributed by atoms with Crippen LogP contribution in [0.1, 0.15) is 15.9 Å². The van der Waals surface area contributed by atoms with Crippen molar-refractivity contribution in [2.45, 2.75) is 6.92 Å². The van der Waals surface area contributed by atoms with Gasteiger partial charge < -0.3 is 20.7 Å². The molecule has 3 N–H and O–H groups in total. The summed E-state index contributed by atoms with van der Waals surface area (Å²) in [6.07, 6.45) is 1.44. The molecule has 0 spiro atoms. The molecule has 1 amide bonds. The van der Waals surface area contributed by atoms with Gasteiger partial charge in [0, 0.05) is 18.7 Å². The van der Waals surface area contributed by atoms with Crippen LogP contribution in [0.3, 0.4) is 0 Å². The molecule has 4 heterocycles. The molecule has 0 unspecified atom stereocenters. The SMILES string of the molecule is CNc1cc2nc3c(cnn13)C(=O)NCCOc1nc(c(F)cc1C)N2. The molecular weight excluding hydrogens is 341 g/mol. The highest BCUT2D eigenvalue weighted by Gasteiger charge is 2.19. The Morgan fingerprint density at radius 1 is 1.35 bits per heavy atom. The highest BCUT2D eigenvalue weighted by molar-refractivity contribution is 6.00. The number of anilines is 3. The van der Waals surface area contributed by atoms with Crippen LogP contribution in [0.4, 0.5) is 21.8 Å². The first kappa shape index (κ1) is 16.1. The molecule has 0 aliphatic carbocycles. The van der Waals surface area contributed by atoms with Crippen molar-refractivity contribution in [1.82, 2.24) is 24.9 Å². The van der Waals surface area contributed by atoms with Gasteiger partial charge in [-0.3, -0.25) is 4.79 Å². The van der Waals surface area contributed by atoms with E-state index < -0.39 is 5.82 Å². The maximum Gasteiger partial charge on any atom is 0.256 e. The summed E-state index contributed by atoms with van der Waals surface area (Å²) in [5, 5.41) is 12.8. The number of aryl methyl sites for hydroxylation is 1. The predicted octanol–water partition coefficient (Wildman–Crippen LogP) is 1.48. The van der Waals surface area contributed by atoms with E-state index in [1.165, 1.54) is 16.8 Å². The van der Waals surface area contributed by atoms with Gasteiger partial charge in [-0.2, -0.15) is 14.6 Å². The zero-order valence-electron chi connectivity index (χ0n) is 14.1. The minimum atomic E-state index is -0.527. The number of rotatable bonds is 1. The second kappa shape index (κ2) is 6.14. The number of aromatic nitrogens is 4. The minimum absolute atomic E-state index is 0.0101. The van der Waals surface area contributed by atoms with Crippen LogP contribution in [-0.4, -0.2) is 45.7 Å². The Morgan fingerprint density at radius 3 is 3.00 bits per heavy atom. The normalized spacial score (nSPS) is 13.9. The molecule has 26 heavy (non-hydrogen) atoms. The summed E-state index contributed by atoms with van der Waals surface area (Å²) in [7, 11) is 1.71. The van der Waals surface area contributed by atoms with E-state index in [0.717, 1.165) is 0 Å². The van der Waals surface area contributed by atoms with Gasteiger partial charge in [-0.25, -0.2) is 9.37 Å². The van der Waals surface area contributed by atoms with Gasteiger partial charge in [-0.1, -0.05) is 0 Å². The quantitative estimate of drug-likeness (QED) is 0.606. The van der Waals surface area contributed by atoms with Gasteiger partial charge in [-0.15, -0.1) is 0 Å². The number of amides is 1. The van der Waals surface area contributed by atoms with Crippen LogP contribution in [-0.2, 0) is 0 Å². The predicted molar refractivity (Wildman–Crippen MR) is 92.6 cm³/mol. The second-order valence-electron chi connectivity index (χ2n) is 5.74. The van der Waals surface area contributed by atoms with Crippen LogP contribution in [0.5, 0.6) is 5.88 Å². The first-order valence-electron chi connectivity index (χ1n) is 7.98. The van der Waals surface area contributed by atoms with Gasteiger partial charge in [0.2, 0.25) is 5.88 Å². The average Bonchev–Trinajstić information content (AvgIpc) is 3.04. The van der Waals surface area contributed by atoms with Crippen LogP contribution in [0.2, 0.25) is 0 Å². The fourth-order valence-corrected chi connectivity index (χ4v) is 2.69. The summed E-state index contributed by atoms with van der Waals surface area (Å²) >= 11 is 0. The molecule has 1 aliphatic heterocycles. The maximum absolute atomic E-state index is 14.3. The molecule has 0 fully saturated rings. The monoisotopic (exact) mass is 357 g/mol. The number of ether oxygens (including phenoxy) is 1. The van der Waals surface area contributed by atoms with Crippen LogP contribution in [0, 0.1) is 12.7 Å². The summed E-state index contributed by atoms with van der Waals surface area (Å²) in [6.45, 7) is 2.16. The van der Waals surface area contributed by atoms with Gasteiger partial charge in [0.25, 0.3) is 5.91 Å². The van der Waals surface area contributed by atoms with Crippen molar-refractivity contribution in [3.8, 4) is 5.88 Å². The molecule has 3 aromatic heterocycles. The standard InChI is InChI=1S/C16H16FN7O2/c1-8-5-10(17)13-21-11-6-12(18-2)24-14(22-11)9(7-20-24)15(25)19-3-4-26-16(8)23-13/h5-7,18H,3-4H2,1-2H3,(H,19,25)(H,21,22,23). The van der Waals surface area contributed by atoms with Gasteiger partial charge in [0.05, 0.1) is 12.7 Å². The number of nitrogens with one attached hydrogen (secondary N) is 3. The van der Waals surface area contributed by atoms with Crippen molar-refractivity contribution in [1.29, 1.82) is 0 Å². The van der Waals surface area contributed by atoms with E-state index in [1.54, 1.807) is 20.0 Å². The Labute approximate surface area is 147 Å². The largest absolute Gasteiger partial charge is 0.476 e. The molecule has 9 nitrogen and oxygen atoms in total. The van der Waals surface area contributed by atoms with E-state index >= 15 is 0 Å². The van der Waals surface area contributed by atoms with Gasteiger partial charge in [0.15, 0.2) is 17.3 Å². The molecule has 0 radical (unpaired) electrons. The Hall–Kier alpha value is -3.43. The number of fused-ring (bicyclic) bond motifs is 3. The fraction of sp³-hybridized carbons (Fsp3) is 0.250. The minimum Gasteiger partial charge on any atom is -0.476 e. The fourth-order valence-electron chi connectivity index (χ4n) is 2.69. The maximum atomic E-state index is 14.3. The van der Waals surface area contributed by atoms with E-state index in [-0.39, 0.29) is 24.9 Å². The summed E-state index contributed by atoms with van der Waals surface area (Å²) in [6, 6.07) is 2.98. The van der Waals surface area contributed by atoms with E-state index in [2.05, 4.69) is 31.0 Å². The average molecular weight is 357 g/mol. The molecule has 0 saturated carbocycles. The van der Waals surface area contributed by atoms with Gasteiger partial charge >= 0.3 is 0 Å². The number of carbonyl (C=O) groups excluding carboxylic acids is 1. The summed E-state index contributed by atoms with van der Waals surface area (Å²) in [5.41, 5.74) is 1.20. The molecule has 0 saturated heterocycles. The number of hydrogen-bond donors (Lipinski definition) is 3. The molecule has 134 valence electrons. The van der Waals surface area contributed by atoms with Crippen LogP contribution >= 0.6 is 0 Å². The highest BCUT2D eigenvalue weighted by atomic mass is 19.1. The van der Waals surface area contributed by atoms with E-state index in [9.17, 15) is 9.18 Å². The number of hydrogen-bond acceptors (Lipinski definition) is 7. The van der Waals surface area contributed by atoms with Crippen molar-refractivity contribution in [2.75, 3.05) is 30.8 Å². The topological polar surface area (TPSA) is 105 Å². The van der Waals surface area contributed by atoms with E-state index in [0.29, 0.717) is 34.3 Å². The molecule has 4 rings (SSSR count). The highest BCUT2D eigenvalue weighted by Crippen LogP contribution is 2.26. The molecule has 1 aliphatic rings. The van der Waals surface area contributed by atoms with Crippen LogP contribution in [0.15, 0.2) is 18.3 Å². The molecule has 10 heteroatoms. The third-order valence-corrected chi connectivity index (χ3v) is 3.97. The molecule has 0 aromatic carbocycles. The molecular formula is C16H16FN7O2. The van der Waals surface area contributed by atoms with E-state index in [4.69, 9.17) is 4.74 Å². The third kappa shape index (κ3) is 2.65. The van der Waals surface area contributed by atoms with Gasteiger partial charge in [-0.05, 0) is 13.0 Å². The zero-order valence-corrected chi connectivity index (χ0v) is 14.1. The second-order valence-corrected chi connectivity index (χ2v) is 5.74. The number of nitrogens with zero attached hydrogens (tertiary/aromatic N) is 4. The Balaban J connectivity index is 1.91. The van der Waals surface area contributed by atoms with Crippen molar-refractivity contribution < 1.29 is 13.9 Å². The zero-order chi connectivity index (χ0) is 18.3. The number of pyridine rings is 1. The first-order chi connectivity index (χ1) is 12.6. The van der Waals surface area contributed by atoms with Crippen LogP contribution in [0.25, 0.3) is 5.65 Å². The smallest absolute Gasteiger partial charge is 0.256 e. The third-order valence-electron chi connectivity index (χ3n) is 3.97. The lowest BCUT2D eigenvalue weighted by molar-refractivity contribution is 0.0948. The van der Waals surface area contributed by atoms with Crippen molar-refractivity contribution in [2.24, 2.45) is 0 Å². The Morgan fingerprint density at radius 2 is 2.19 bits per heavy atom. The Bertz CT molecular complexity index is 1020. The lowest BCUT2D eigenvalue weighted by atomic mass is 10.3.